The number of carbonyl (C=O) groups excluding carboxylic acids is 2. The molecule has 1 aromatic rings. The van der Waals surface area contributed by atoms with Crippen LogP contribution in [0.25, 0.3) is 6.08 Å². The first-order chi connectivity index (χ1) is 14.1. The Kier molecular flexibility index (Phi) is 7.85. The highest BCUT2D eigenvalue weighted by molar-refractivity contribution is 7.89. The van der Waals surface area contributed by atoms with Crippen LogP contribution >= 0.6 is 0 Å². The van der Waals surface area contributed by atoms with Crippen molar-refractivity contribution < 1.29 is 32.2 Å². The van der Waals surface area contributed by atoms with Gasteiger partial charge in [-0.2, -0.15) is 4.31 Å². The maximum absolute atomic E-state index is 13.4. The van der Waals surface area contributed by atoms with Crippen LogP contribution < -0.4 is 9.47 Å². The topological polar surface area (TPSA) is 102 Å². The summed E-state index contributed by atoms with van der Waals surface area (Å²) in [5.74, 6) is -0.288. The lowest BCUT2D eigenvalue weighted by molar-refractivity contribution is -0.134. The number of hydrogen-bond donors (Lipinski definition) is 0. The molecule has 1 fully saturated rings. The second kappa shape index (κ2) is 9.94. The Balaban J connectivity index is 2.39. The van der Waals surface area contributed by atoms with Gasteiger partial charge in [-0.25, -0.2) is 13.2 Å². The third kappa shape index (κ3) is 5.11. The van der Waals surface area contributed by atoms with Crippen LogP contribution in [0.15, 0.2) is 23.1 Å². The standard InChI is InChI=1S/C20H28N2O7S/c1-14(23)21(2)16-8-10-22(11-9-16)30(25,26)18-13-15(6-7-19(24)28-4)12-17(27-3)20(18)29-5/h6-7,12-13,16H,8-11H2,1-5H3/b7-6+. The molecule has 0 aromatic heterocycles. The predicted octanol–water partition coefficient (Wildman–Crippen LogP) is 1.52. The van der Waals surface area contributed by atoms with Crippen molar-refractivity contribution in [3.8, 4) is 11.5 Å². The first-order valence-corrected chi connectivity index (χ1v) is 10.8. The van der Waals surface area contributed by atoms with E-state index in [0.717, 1.165) is 0 Å². The average Bonchev–Trinajstić information content (AvgIpc) is 2.75. The van der Waals surface area contributed by atoms with Crippen molar-refractivity contribution in [3.05, 3.63) is 23.8 Å². The van der Waals surface area contributed by atoms with Crippen LogP contribution in [0.2, 0.25) is 0 Å². The van der Waals surface area contributed by atoms with Gasteiger partial charge < -0.3 is 19.1 Å². The van der Waals surface area contributed by atoms with E-state index in [1.165, 1.54) is 50.8 Å². The van der Waals surface area contributed by atoms with Crippen LogP contribution in [0.1, 0.15) is 25.3 Å². The van der Waals surface area contributed by atoms with Crippen molar-refractivity contribution in [2.45, 2.75) is 30.7 Å². The molecule has 1 saturated heterocycles. The van der Waals surface area contributed by atoms with Gasteiger partial charge in [-0.05, 0) is 36.6 Å². The number of esters is 1. The highest BCUT2D eigenvalue weighted by Gasteiger charge is 2.34. The van der Waals surface area contributed by atoms with Gasteiger partial charge in [0.25, 0.3) is 0 Å². The van der Waals surface area contributed by atoms with Gasteiger partial charge in [0.2, 0.25) is 15.9 Å². The smallest absolute Gasteiger partial charge is 0.330 e. The number of amides is 1. The van der Waals surface area contributed by atoms with E-state index in [1.54, 1.807) is 18.0 Å². The first kappa shape index (κ1) is 23.7. The van der Waals surface area contributed by atoms with Gasteiger partial charge >= 0.3 is 5.97 Å². The second-order valence-electron chi connectivity index (χ2n) is 6.88. The third-order valence-corrected chi connectivity index (χ3v) is 7.07. The SMILES string of the molecule is COC(=O)/C=C/c1cc(OC)c(OC)c(S(=O)(=O)N2CCC(N(C)C(C)=O)CC2)c1. The summed E-state index contributed by atoms with van der Waals surface area (Å²) in [6.45, 7) is 2.05. The molecule has 0 unspecified atom stereocenters. The molecule has 0 atom stereocenters. The molecule has 10 heteroatoms. The van der Waals surface area contributed by atoms with E-state index in [1.807, 2.05) is 0 Å². The minimum Gasteiger partial charge on any atom is -0.493 e. The molecule has 0 N–H and O–H groups in total. The minimum atomic E-state index is -3.90. The monoisotopic (exact) mass is 440 g/mol. The van der Waals surface area contributed by atoms with Crippen LogP contribution in [0.5, 0.6) is 11.5 Å². The Bertz CT molecular complexity index is 919. The van der Waals surface area contributed by atoms with Crippen molar-refractivity contribution in [3.63, 3.8) is 0 Å². The van der Waals surface area contributed by atoms with Crippen molar-refractivity contribution >= 4 is 28.0 Å². The van der Waals surface area contributed by atoms with Crippen molar-refractivity contribution in [1.29, 1.82) is 0 Å². The average molecular weight is 441 g/mol. The maximum atomic E-state index is 13.4. The Morgan fingerprint density at radius 1 is 1.13 bits per heavy atom. The molecular formula is C20H28N2O7S. The fourth-order valence-corrected chi connectivity index (χ4v) is 5.01. The van der Waals surface area contributed by atoms with Gasteiger partial charge in [0.05, 0.1) is 21.3 Å². The molecule has 1 aliphatic rings. The molecule has 9 nitrogen and oxygen atoms in total. The number of methoxy groups -OCH3 is 3. The normalized spacial score (nSPS) is 15.8. The lowest BCUT2D eigenvalue weighted by Crippen LogP contribution is -2.46. The quantitative estimate of drug-likeness (QED) is 0.468. The van der Waals surface area contributed by atoms with E-state index in [9.17, 15) is 18.0 Å². The lowest BCUT2D eigenvalue weighted by Gasteiger charge is -2.36. The molecule has 1 amide bonds. The number of ether oxygens (including phenoxy) is 3. The Morgan fingerprint density at radius 3 is 2.27 bits per heavy atom. The number of rotatable bonds is 7. The van der Waals surface area contributed by atoms with E-state index in [2.05, 4.69) is 4.74 Å². The van der Waals surface area contributed by atoms with Gasteiger partial charge in [0, 0.05) is 39.2 Å². The summed E-state index contributed by atoms with van der Waals surface area (Å²) in [7, 11) is 1.86. The summed E-state index contributed by atoms with van der Waals surface area (Å²) < 4.78 is 43.4. The molecular weight excluding hydrogens is 412 g/mol. The van der Waals surface area contributed by atoms with E-state index in [0.29, 0.717) is 18.4 Å². The maximum Gasteiger partial charge on any atom is 0.330 e. The number of piperidine rings is 1. The lowest BCUT2D eigenvalue weighted by atomic mass is 10.1. The van der Waals surface area contributed by atoms with E-state index >= 15 is 0 Å². The summed E-state index contributed by atoms with van der Waals surface area (Å²) in [5, 5.41) is 0. The second-order valence-corrected chi connectivity index (χ2v) is 8.78. The molecule has 0 radical (unpaired) electrons. The van der Waals surface area contributed by atoms with Gasteiger partial charge in [-0.15, -0.1) is 0 Å². The van der Waals surface area contributed by atoms with Crippen molar-refractivity contribution in [2.24, 2.45) is 0 Å². The van der Waals surface area contributed by atoms with Gasteiger partial charge in [0.15, 0.2) is 11.5 Å². The van der Waals surface area contributed by atoms with Crippen molar-refractivity contribution in [2.75, 3.05) is 41.5 Å². The molecule has 0 spiro atoms. The van der Waals surface area contributed by atoms with E-state index < -0.39 is 16.0 Å². The van der Waals surface area contributed by atoms with E-state index in [4.69, 9.17) is 9.47 Å². The van der Waals surface area contributed by atoms with Crippen LogP contribution in [0.3, 0.4) is 0 Å². The van der Waals surface area contributed by atoms with Crippen LogP contribution in [-0.4, -0.2) is 77.0 Å². The van der Waals surface area contributed by atoms with Gasteiger partial charge in [-0.3, -0.25) is 4.79 Å². The molecule has 30 heavy (non-hydrogen) atoms. The summed E-state index contributed by atoms with van der Waals surface area (Å²) >= 11 is 0. The Hall–Kier alpha value is -2.59. The van der Waals surface area contributed by atoms with Crippen LogP contribution in [0, 0.1) is 0 Å². The fourth-order valence-electron chi connectivity index (χ4n) is 3.34. The zero-order valence-corrected chi connectivity index (χ0v) is 18.7. The third-order valence-electron chi connectivity index (χ3n) is 5.17. The molecule has 0 bridgehead atoms. The molecule has 166 valence electrons. The number of sulfonamides is 1. The predicted molar refractivity (Wildman–Crippen MR) is 111 cm³/mol. The molecule has 2 rings (SSSR count). The minimum absolute atomic E-state index is 0.000273. The van der Waals surface area contributed by atoms with Crippen LogP contribution in [-0.2, 0) is 24.3 Å². The summed E-state index contributed by atoms with van der Waals surface area (Å²) in [4.78, 5) is 24.6. The number of hydrogen-bond acceptors (Lipinski definition) is 7. The van der Waals surface area contributed by atoms with E-state index in [-0.39, 0.29) is 41.4 Å². The van der Waals surface area contributed by atoms with Gasteiger partial charge in [0.1, 0.15) is 4.90 Å². The van der Waals surface area contributed by atoms with Crippen LogP contribution in [0.4, 0.5) is 0 Å². The highest BCUT2D eigenvalue weighted by Crippen LogP contribution is 2.38. The summed E-state index contributed by atoms with van der Waals surface area (Å²) in [5.41, 5.74) is 0.447. The molecule has 1 aromatic carbocycles. The van der Waals surface area contributed by atoms with Crippen molar-refractivity contribution in [1.82, 2.24) is 9.21 Å². The molecule has 0 aliphatic carbocycles. The van der Waals surface area contributed by atoms with Gasteiger partial charge in [-0.1, -0.05) is 0 Å². The summed E-state index contributed by atoms with van der Waals surface area (Å²) in [6, 6.07) is 3.01. The summed E-state index contributed by atoms with van der Waals surface area (Å²) in [6.07, 6.45) is 3.72. The fraction of sp³-hybridized carbons (Fsp3) is 0.500. The molecule has 0 saturated carbocycles. The number of benzene rings is 1. The largest absolute Gasteiger partial charge is 0.493 e. The zero-order valence-electron chi connectivity index (χ0n) is 17.9. The number of carbonyl (C=O) groups is 2. The highest BCUT2D eigenvalue weighted by atomic mass is 32.2. The first-order valence-electron chi connectivity index (χ1n) is 9.41. The Morgan fingerprint density at radius 2 is 1.77 bits per heavy atom. The Labute approximate surface area is 177 Å². The number of nitrogens with zero attached hydrogens (tertiary/aromatic N) is 2. The molecule has 1 heterocycles. The zero-order chi connectivity index (χ0) is 22.5. The molecule has 1 aliphatic heterocycles.